The van der Waals surface area contributed by atoms with Gasteiger partial charge in [0, 0.05) is 5.02 Å². The second kappa shape index (κ2) is 9.38. The normalized spacial score (nSPS) is 12.7. The number of rotatable bonds is 7. The minimum absolute atomic E-state index is 0. The first-order chi connectivity index (χ1) is 9.38. The first-order valence-electron chi connectivity index (χ1n) is 6.56. The van der Waals surface area contributed by atoms with E-state index in [4.69, 9.17) is 16.3 Å². The fraction of sp³-hybridized carbons (Fsp3) is 0.571. The van der Waals surface area contributed by atoms with Gasteiger partial charge in [0.25, 0.3) is 0 Å². The van der Waals surface area contributed by atoms with Crippen molar-refractivity contribution in [1.82, 2.24) is 5.32 Å². The molecule has 0 saturated heterocycles. The van der Waals surface area contributed by atoms with E-state index in [1.54, 1.807) is 7.05 Å². The van der Waals surface area contributed by atoms with Gasteiger partial charge in [-0.15, -0.1) is 12.4 Å². The largest absolute Gasteiger partial charge is 0.490 e. The zero-order valence-electron chi connectivity index (χ0n) is 12.0. The van der Waals surface area contributed by atoms with Crippen LogP contribution in [0.2, 0.25) is 5.02 Å². The fourth-order valence-corrected chi connectivity index (χ4v) is 2.07. The third kappa shape index (κ3) is 6.76. The Bertz CT molecular complexity index is 427. The van der Waals surface area contributed by atoms with Crippen LogP contribution in [0.15, 0.2) is 18.2 Å². The first kappa shape index (κ1) is 20.3. The molecule has 0 heterocycles. The Labute approximate surface area is 134 Å². The Hall–Kier alpha value is -0.650. The van der Waals surface area contributed by atoms with Crippen molar-refractivity contribution in [1.29, 1.82) is 0 Å². The maximum Gasteiger partial charge on any atom is 0.420 e. The molecule has 0 radical (unpaired) electrons. The summed E-state index contributed by atoms with van der Waals surface area (Å²) in [6, 6.07) is 3.60. The van der Waals surface area contributed by atoms with E-state index in [0.717, 1.165) is 12.5 Å². The van der Waals surface area contributed by atoms with Crippen molar-refractivity contribution in [2.24, 2.45) is 0 Å². The molecule has 1 atom stereocenters. The lowest BCUT2D eigenvalue weighted by Gasteiger charge is -2.21. The van der Waals surface area contributed by atoms with Gasteiger partial charge in [-0.1, -0.05) is 24.9 Å². The summed E-state index contributed by atoms with van der Waals surface area (Å²) in [5.41, 5.74) is -0.824. The molecule has 0 aromatic heterocycles. The van der Waals surface area contributed by atoms with E-state index >= 15 is 0 Å². The molecule has 1 aromatic carbocycles. The van der Waals surface area contributed by atoms with E-state index in [2.05, 4.69) is 5.32 Å². The summed E-state index contributed by atoms with van der Waals surface area (Å²) < 4.78 is 44.4. The molecule has 7 heteroatoms. The molecule has 0 saturated carbocycles. The van der Waals surface area contributed by atoms with E-state index < -0.39 is 11.7 Å². The van der Waals surface area contributed by atoms with Gasteiger partial charge in [0.1, 0.15) is 5.75 Å². The van der Waals surface area contributed by atoms with Gasteiger partial charge in [0.2, 0.25) is 0 Å². The smallest absolute Gasteiger partial charge is 0.420 e. The van der Waals surface area contributed by atoms with Gasteiger partial charge < -0.3 is 10.1 Å². The molecule has 1 rings (SSSR count). The van der Waals surface area contributed by atoms with Crippen LogP contribution in [0, 0.1) is 0 Å². The fourth-order valence-electron chi connectivity index (χ4n) is 1.90. The average molecular weight is 346 g/mol. The van der Waals surface area contributed by atoms with Crippen LogP contribution in [-0.4, -0.2) is 19.7 Å². The third-order valence-electron chi connectivity index (χ3n) is 2.87. The van der Waals surface area contributed by atoms with Crippen molar-refractivity contribution in [2.45, 2.75) is 38.5 Å². The van der Waals surface area contributed by atoms with Crippen LogP contribution in [0.1, 0.15) is 31.7 Å². The van der Waals surface area contributed by atoms with Gasteiger partial charge in [0.15, 0.2) is 0 Å². The maximum absolute atomic E-state index is 13.0. The minimum Gasteiger partial charge on any atom is -0.490 e. The third-order valence-corrected chi connectivity index (χ3v) is 3.10. The van der Waals surface area contributed by atoms with Crippen molar-refractivity contribution >= 4 is 24.0 Å². The summed E-state index contributed by atoms with van der Waals surface area (Å²) in [4.78, 5) is 0. The molecular formula is C14H20Cl2F3NO. The lowest BCUT2D eigenvalue weighted by molar-refractivity contribution is -0.139. The molecule has 0 bridgehead atoms. The van der Waals surface area contributed by atoms with E-state index in [1.807, 2.05) is 6.92 Å². The molecule has 0 aliphatic rings. The summed E-state index contributed by atoms with van der Waals surface area (Å²) >= 11 is 5.64. The quantitative estimate of drug-likeness (QED) is 0.755. The molecule has 1 unspecified atom stereocenters. The predicted octanol–water partition coefficient (Wildman–Crippen LogP) is 4.94. The molecule has 2 nitrogen and oxygen atoms in total. The van der Waals surface area contributed by atoms with Gasteiger partial charge >= 0.3 is 6.18 Å². The highest BCUT2D eigenvalue weighted by molar-refractivity contribution is 6.30. The summed E-state index contributed by atoms with van der Waals surface area (Å²) in [5.74, 6) is -0.156. The number of halogens is 5. The molecule has 0 spiro atoms. The highest BCUT2D eigenvalue weighted by Gasteiger charge is 2.35. The Balaban J connectivity index is 0.00000400. The molecular weight excluding hydrogens is 326 g/mol. The van der Waals surface area contributed by atoms with Gasteiger partial charge in [0.05, 0.1) is 11.7 Å². The Morgan fingerprint density at radius 3 is 2.48 bits per heavy atom. The van der Waals surface area contributed by atoms with Crippen molar-refractivity contribution in [2.75, 3.05) is 13.6 Å². The van der Waals surface area contributed by atoms with Crippen LogP contribution < -0.4 is 10.1 Å². The maximum atomic E-state index is 13.0. The zero-order chi connectivity index (χ0) is 15.2. The molecule has 21 heavy (non-hydrogen) atoms. The lowest BCUT2D eigenvalue weighted by atomic mass is 10.1. The predicted molar refractivity (Wildman–Crippen MR) is 81.6 cm³/mol. The van der Waals surface area contributed by atoms with Crippen LogP contribution in [0.4, 0.5) is 13.2 Å². The van der Waals surface area contributed by atoms with Gasteiger partial charge in [-0.05, 0) is 44.6 Å². The number of ether oxygens (including phenoxy) is 1. The van der Waals surface area contributed by atoms with Crippen molar-refractivity contribution < 1.29 is 17.9 Å². The van der Waals surface area contributed by atoms with Gasteiger partial charge in [-0.25, -0.2) is 0 Å². The number of alkyl halides is 3. The molecule has 122 valence electrons. The van der Waals surface area contributed by atoms with Crippen molar-refractivity contribution in [3.05, 3.63) is 28.8 Å². The summed E-state index contributed by atoms with van der Waals surface area (Å²) in [6.07, 6.45) is -2.50. The average Bonchev–Trinajstić information content (AvgIpc) is 2.37. The summed E-state index contributed by atoms with van der Waals surface area (Å²) in [7, 11) is 1.80. The van der Waals surface area contributed by atoms with Gasteiger partial charge in [-0.2, -0.15) is 13.2 Å². The number of hydrogen-bond donors (Lipinski definition) is 1. The van der Waals surface area contributed by atoms with Crippen LogP contribution in [0.5, 0.6) is 5.75 Å². The highest BCUT2D eigenvalue weighted by Crippen LogP contribution is 2.38. The monoisotopic (exact) mass is 345 g/mol. The lowest BCUT2D eigenvalue weighted by Crippen LogP contribution is -2.23. The number of benzene rings is 1. The molecule has 0 aliphatic carbocycles. The summed E-state index contributed by atoms with van der Waals surface area (Å²) in [6.45, 7) is 2.67. The van der Waals surface area contributed by atoms with Crippen LogP contribution in [0.25, 0.3) is 0 Å². The molecule has 0 aliphatic heterocycles. The van der Waals surface area contributed by atoms with Crippen LogP contribution in [-0.2, 0) is 6.18 Å². The van der Waals surface area contributed by atoms with E-state index in [0.29, 0.717) is 19.4 Å². The Kier molecular flexibility index (Phi) is 9.09. The van der Waals surface area contributed by atoms with Crippen LogP contribution in [0.3, 0.4) is 0 Å². The summed E-state index contributed by atoms with van der Waals surface area (Å²) in [5, 5.41) is 3.02. The van der Waals surface area contributed by atoms with Crippen LogP contribution >= 0.6 is 24.0 Å². The number of nitrogens with one attached hydrogen (secondary N) is 1. The van der Waals surface area contributed by atoms with Crippen molar-refractivity contribution in [3.8, 4) is 5.75 Å². The Morgan fingerprint density at radius 1 is 1.29 bits per heavy atom. The van der Waals surface area contributed by atoms with E-state index in [1.165, 1.54) is 12.1 Å². The van der Waals surface area contributed by atoms with Crippen molar-refractivity contribution in [3.63, 3.8) is 0 Å². The second-order valence-corrected chi connectivity index (χ2v) is 5.00. The van der Waals surface area contributed by atoms with E-state index in [9.17, 15) is 13.2 Å². The zero-order valence-corrected chi connectivity index (χ0v) is 13.5. The van der Waals surface area contributed by atoms with E-state index in [-0.39, 0.29) is 29.3 Å². The highest BCUT2D eigenvalue weighted by atomic mass is 35.5. The number of hydrogen-bond acceptors (Lipinski definition) is 2. The molecule has 1 N–H and O–H groups in total. The SMILES string of the molecule is CCCC(CCNC)Oc1ccc(Cl)cc1C(F)(F)F.Cl. The standard InChI is InChI=1S/C14H19ClF3NO.ClH/c1-3-4-11(7-8-19-2)20-13-6-5-10(15)9-12(13)14(16,17)18;/h5-6,9,11,19H,3-4,7-8H2,1-2H3;1H. The molecule has 0 fully saturated rings. The molecule has 0 amide bonds. The topological polar surface area (TPSA) is 21.3 Å². The first-order valence-corrected chi connectivity index (χ1v) is 6.94. The van der Waals surface area contributed by atoms with Gasteiger partial charge in [-0.3, -0.25) is 0 Å². The second-order valence-electron chi connectivity index (χ2n) is 4.56. The Morgan fingerprint density at radius 2 is 1.95 bits per heavy atom. The molecule has 1 aromatic rings. The minimum atomic E-state index is -4.47.